The van der Waals surface area contributed by atoms with Crippen LogP contribution < -0.4 is 10.1 Å². The molecular weight excluding hydrogens is 304 g/mol. The molecule has 0 aliphatic carbocycles. The van der Waals surface area contributed by atoms with Crippen LogP contribution in [0.1, 0.15) is 0 Å². The summed E-state index contributed by atoms with van der Waals surface area (Å²) in [6, 6.07) is 7.33. The second-order valence-corrected chi connectivity index (χ2v) is 4.71. The molecule has 0 fully saturated rings. The summed E-state index contributed by atoms with van der Waals surface area (Å²) in [6.45, 7) is 0. The lowest BCUT2D eigenvalue weighted by molar-refractivity contribution is 0.417. The first kappa shape index (κ1) is 12.2. The summed E-state index contributed by atoms with van der Waals surface area (Å²) in [5, 5.41) is 3.85. The van der Waals surface area contributed by atoms with Crippen LogP contribution in [0.5, 0.6) is 5.75 Å². The fourth-order valence-electron chi connectivity index (χ4n) is 1.41. The van der Waals surface area contributed by atoms with Gasteiger partial charge in [0.15, 0.2) is 0 Å². The predicted octanol–water partition coefficient (Wildman–Crippen LogP) is 4.25. The third-order valence-electron chi connectivity index (χ3n) is 2.15. The Bertz CT molecular complexity index is 534. The van der Waals surface area contributed by atoms with Crippen LogP contribution in [-0.2, 0) is 0 Å². The molecule has 1 aromatic carbocycles. The SMILES string of the molecule is COc1ccc(Cl)cc1Nc1cncc(Br)c1. The van der Waals surface area contributed by atoms with Gasteiger partial charge in [0.05, 0.1) is 24.7 Å². The maximum Gasteiger partial charge on any atom is 0.142 e. The van der Waals surface area contributed by atoms with Crippen molar-refractivity contribution in [1.29, 1.82) is 0 Å². The van der Waals surface area contributed by atoms with E-state index < -0.39 is 0 Å². The Hall–Kier alpha value is -1.26. The molecule has 0 amide bonds. The molecular formula is C12H10BrClN2O. The number of ether oxygens (including phenoxy) is 1. The third kappa shape index (κ3) is 3.11. The first-order valence-electron chi connectivity index (χ1n) is 4.90. The zero-order chi connectivity index (χ0) is 12.3. The summed E-state index contributed by atoms with van der Waals surface area (Å²) >= 11 is 9.32. The first-order chi connectivity index (χ1) is 8.19. The van der Waals surface area contributed by atoms with Crippen molar-refractivity contribution in [3.8, 4) is 5.75 Å². The molecule has 0 atom stereocenters. The van der Waals surface area contributed by atoms with Gasteiger partial charge in [-0.3, -0.25) is 4.98 Å². The van der Waals surface area contributed by atoms with Gasteiger partial charge in [-0.15, -0.1) is 0 Å². The molecule has 0 spiro atoms. The number of nitrogens with one attached hydrogen (secondary N) is 1. The monoisotopic (exact) mass is 312 g/mol. The number of nitrogens with zero attached hydrogens (tertiary/aromatic N) is 1. The van der Waals surface area contributed by atoms with E-state index >= 15 is 0 Å². The summed E-state index contributed by atoms with van der Waals surface area (Å²) in [5.41, 5.74) is 1.67. The number of aromatic nitrogens is 1. The molecule has 1 N–H and O–H groups in total. The van der Waals surface area contributed by atoms with Gasteiger partial charge >= 0.3 is 0 Å². The lowest BCUT2D eigenvalue weighted by Gasteiger charge is -2.11. The molecule has 0 radical (unpaired) electrons. The van der Waals surface area contributed by atoms with Gasteiger partial charge in [0.1, 0.15) is 5.75 Å². The number of halogens is 2. The van der Waals surface area contributed by atoms with Crippen molar-refractivity contribution in [1.82, 2.24) is 4.98 Å². The average Bonchev–Trinajstić information content (AvgIpc) is 2.29. The Morgan fingerprint density at radius 1 is 1.29 bits per heavy atom. The zero-order valence-corrected chi connectivity index (χ0v) is 11.4. The van der Waals surface area contributed by atoms with Gasteiger partial charge in [-0.25, -0.2) is 0 Å². The number of hydrogen-bond donors (Lipinski definition) is 1. The molecule has 0 aliphatic heterocycles. The van der Waals surface area contributed by atoms with Crippen LogP contribution in [0.25, 0.3) is 0 Å². The summed E-state index contributed by atoms with van der Waals surface area (Å²) in [5.74, 6) is 0.731. The minimum Gasteiger partial charge on any atom is -0.495 e. The van der Waals surface area contributed by atoms with Crippen molar-refractivity contribution in [3.63, 3.8) is 0 Å². The minimum absolute atomic E-state index is 0.649. The first-order valence-corrected chi connectivity index (χ1v) is 6.07. The molecule has 1 heterocycles. The molecule has 1 aromatic heterocycles. The van der Waals surface area contributed by atoms with E-state index in [1.54, 1.807) is 31.6 Å². The topological polar surface area (TPSA) is 34.1 Å². The Morgan fingerprint density at radius 2 is 2.12 bits per heavy atom. The van der Waals surface area contributed by atoms with E-state index in [1.807, 2.05) is 12.1 Å². The largest absolute Gasteiger partial charge is 0.495 e. The number of hydrogen-bond acceptors (Lipinski definition) is 3. The summed E-state index contributed by atoms with van der Waals surface area (Å²) in [7, 11) is 1.62. The molecule has 0 saturated heterocycles. The van der Waals surface area contributed by atoms with Crippen LogP contribution in [-0.4, -0.2) is 12.1 Å². The van der Waals surface area contributed by atoms with E-state index in [4.69, 9.17) is 16.3 Å². The smallest absolute Gasteiger partial charge is 0.142 e. The van der Waals surface area contributed by atoms with Gasteiger partial charge in [-0.2, -0.15) is 0 Å². The van der Waals surface area contributed by atoms with Crippen LogP contribution in [0.4, 0.5) is 11.4 Å². The highest BCUT2D eigenvalue weighted by Gasteiger charge is 2.04. The third-order valence-corrected chi connectivity index (χ3v) is 2.81. The van der Waals surface area contributed by atoms with E-state index in [1.165, 1.54) is 0 Å². The van der Waals surface area contributed by atoms with Crippen LogP contribution >= 0.6 is 27.5 Å². The number of methoxy groups -OCH3 is 1. The van der Waals surface area contributed by atoms with E-state index in [0.29, 0.717) is 5.02 Å². The molecule has 5 heteroatoms. The molecule has 0 unspecified atom stereocenters. The van der Waals surface area contributed by atoms with Crippen LogP contribution in [0.3, 0.4) is 0 Å². The van der Waals surface area contributed by atoms with Crippen molar-refractivity contribution >= 4 is 38.9 Å². The van der Waals surface area contributed by atoms with E-state index in [-0.39, 0.29) is 0 Å². The number of rotatable bonds is 3. The summed E-state index contributed by atoms with van der Waals surface area (Å²) in [4.78, 5) is 4.08. The van der Waals surface area contributed by atoms with E-state index in [2.05, 4.69) is 26.2 Å². The summed E-state index contributed by atoms with van der Waals surface area (Å²) < 4.78 is 6.16. The quantitative estimate of drug-likeness (QED) is 0.920. The Labute approximate surface area is 113 Å². The van der Waals surface area contributed by atoms with Gasteiger partial charge in [-0.05, 0) is 40.2 Å². The van der Waals surface area contributed by atoms with Gasteiger partial charge < -0.3 is 10.1 Å². The van der Waals surface area contributed by atoms with Crippen molar-refractivity contribution in [2.75, 3.05) is 12.4 Å². The highest BCUT2D eigenvalue weighted by Crippen LogP contribution is 2.30. The molecule has 3 nitrogen and oxygen atoms in total. The highest BCUT2D eigenvalue weighted by molar-refractivity contribution is 9.10. The molecule has 0 bridgehead atoms. The lowest BCUT2D eigenvalue weighted by Crippen LogP contribution is -1.95. The molecule has 2 rings (SSSR count). The average molecular weight is 314 g/mol. The molecule has 88 valence electrons. The Balaban J connectivity index is 2.32. The maximum absolute atomic E-state index is 5.95. The van der Waals surface area contributed by atoms with Crippen molar-refractivity contribution < 1.29 is 4.74 Å². The van der Waals surface area contributed by atoms with Gasteiger partial charge in [-0.1, -0.05) is 11.6 Å². The number of anilines is 2. The fraction of sp³-hybridized carbons (Fsp3) is 0.0833. The van der Waals surface area contributed by atoms with Gasteiger partial charge in [0, 0.05) is 15.7 Å². The molecule has 0 aliphatic rings. The lowest BCUT2D eigenvalue weighted by atomic mass is 10.2. The second kappa shape index (κ2) is 5.38. The molecule has 0 saturated carbocycles. The molecule has 17 heavy (non-hydrogen) atoms. The van der Waals surface area contributed by atoms with E-state index in [9.17, 15) is 0 Å². The van der Waals surface area contributed by atoms with Crippen molar-refractivity contribution in [3.05, 3.63) is 46.2 Å². The van der Waals surface area contributed by atoms with Crippen LogP contribution in [0, 0.1) is 0 Å². The van der Waals surface area contributed by atoms with Crippen LogP contribution in [0.2, 0.25) is 5.02 Å². The summed E-state index contributed by atoms with van der Waals surface area (Å²) in [6.07, 6.45) is 3.45. The van der Waals surface area contributed by atoms with Crippen molar-refractivity contribution in [2.45, 2.75) is 0 Å². The molecule has 2 aromatic rings. The minimum atomic E-state index is 0.649. The van der Waals surface area contributed by atoms with Crippen molar-refractivity contribution in [2.24, 2.45) is 0 Å². The zero-order valence-electron chi connectivity index (χ0n) is 9.08. The van der Waals surface area contributed by atoms with Crippen LogP contribution in [0.15, 0.2) is 41.1 Å². The van der Waals surface area contributed by atoms with Gasteiger partial charge in [0.25, 0.3) is 0 Å². The predicted molar refractivity (Wildman–Crippen MR) is 73.2 cm³/mol. The Kier molecular flexibility index (Phi) is 3.86. The standard InChI is InChI=1S/C12H10BrClN2O/c1-17-12-3-2-9(14)5-11(12)16-10-4-8(13)6-15-7-10/h2-7,16H,1H3. The number of benzene rings is 1. The normalized spacial score (nSPS) is 10.1. The number of pyridine rings is 1. The van der Waals surface area contributed by atoms with E-state index in [0.717, 1.165) is 21.6 Å². The second-order valence-electron chi connectivity index (χ2n) is 3.36. The Morgan fingerprint density at radius 3 is 2.82 bits per heavy atom. The fourth-order valence-corrected chi connectivity index (χ4v) is 1.95. The van der Waals surface area contributed by atoms with Gasteiger partial charge in [0.2, 0.25) is 0 Å². The maximum atomic E-state index is 5.95. The highest BCUT2D eigenvalue weighted by atomic mass is 79.9.